The van der Waals surface area contributed by atoms with E-state index in [0.717, 1.165) is 35.5 Å². The Morgan fingerprint density at radius 3 is 2.44 bits per heavy atom. The highest BCUT2D eigenvalue weighted by atomic mass is 16.2. The van der Waals surface area contributed by atoms with Gasteiger partial charge >= 0.3 is 6.03 Å². The van der Waals surface area contributed by atoms with Crippen molar-refractivity contribution < 1.29 is 14.4 Å². The highest BCUT2D eigenvalue weighted by molar-refractivity contribution is 6.10. The number of para-hydroxylation sites is 1. The van der Waals surface area contributed by atoms with E-state index in [1.165, 1.54) is 0 Å². The molecule has 8 nitrogen and oxygen atoms in total. The van der Waals surface area contributed by atoms with Gasteiger partial charge in [-0.1, -0.05) is 45.4 Å². The Hall–Kier alpha value is -3.16. The topological polar surface area (TPSA) is 96.3 Å². The molecule has 2 aliphatic rings. The number of carbonyl (C=O) groups is 3. The quantitative estimate of drug-likeness (QED) is 0.620. The van der Waals surface area contributed by atoms with E-state index in [2.05, 4.69) is 36.5 Å². The predicted molar refractivity (Wildman–Crippen MR) is 131 cm³/mol. The van der Waals surface area contributed by atoms with Crippen molar-refractivity contribution in [2.24, 2.45) is 11.3 Å². The molecule has 2 fully saturated rings. The number of hydrogen-bond donors (Lipinski definition) is 2. The smallest absolute Gasteiger partial charge is 0.323 e. The lowest BCUT2D eigenvalue weighted by atomic mass is 9.65. The van der Waals surface area contributed by atoms with Crippen LogP contribution in [0.2, 0.25) is 0 Å². The van der Waals surface area contributed by atoms with Crippen LogP contribution in [0.15, 0.2) is 30.3 Å². The fourth-order valence-electron chi connectivity index (χ4n) is 5.31. The number of hydrogen-bond acceptors (Lipinski definition) is 4. The maximum absolute atomic E-state index is 13.3. The van der Waals surface area contributed by atoms with Crippen molar-refractivity contribution in [2.75, 3.05) is 11.9 Å². The number of carbonyl (C=O) groups excluding carboxylic acids is 3. The minimum absolute atomic E-state index is 0.215. The highest BCUT2D eigenvalue weighted by Crippen LogP contribution is 2.45. The van der Waals surface area contributed by atoms with Crippen LogP contribution in [0.5, 0.6) is 0 Å². The fraction of sp³-hybridized carbons (Fsp3) is 0.538. The third kappa shape index (κ3) is 4.21. The second kappa shape index (κ2) is 8.89. The SMILES string of the molecule is CCC(C)(C)C1CCC2(CC1)NC(=O)N(CC(=O)Nc1c(C)nn(-c3ccccc3)c1C)C2=O. The van der Waals surface area contributed by atoms with Gasteiger partial charge in [-0.15, -0.1) is 0 Å². The third-order valence-corrected chi connectivity index (χ3v) is 7.96. The summed E-state index contributed by atoms with van der Waals surface area (Å²) in [5.41, 5.74) is 2.27. The molecule has 182 valence electrons. The molecule has 34 heavy (non-hydrogen) atoms. The zero-order chi connectivity index (χ0) is 24.7. The minimum Gasteiger partial charge on any atom is -0.323 e. The number of rotatable bonds is 6. The van der Waals surface area contributed by atoms with Crippen molar-refractivity contribution in [2.45, 2.75) is 72.3 Å². The Labute approximate surface area is 201 Å². The molecule has 0 radical (unpaired) electrons. The largest absolute Gasteiger partial charge is 0.325 e. The molecule has 1 spiro atoms. The van der Waals surface area contributed by atoms with Crippen molar-refractivity contribution in [1.82, 2.24) is 20.0 Å². The molecule has 4 rings (SSSR count). The van der Waals surface area contributed by atoms with E-state index in [-0.39, 0.29) is 17.9 Å². The van der Waals surface area contributed by atoms with E-state index in [9.17, 15) is 14.4 Å². The summed E-state index contributed by atoms with van der Waals surface area (Å²) in [6.07, 6.45) is 4.10. The number of imide groups is 1. The maximum Gasteiger partial charge on any atom is 0.325 e. The summed E-state index contributed by atoms with van der Waals surface area (Å²) in [5.74, 6) is -0.175. The standard InChI is InChI=1S/C26H35N5O3/c1-6-25(4,5)19-12-14-26(15-13-19)23(33)30(24(34)28-26)16-21(32)27-22-17(2)29-31(18(22)3)20-10-8-7-9-11-20/h7-11,19H,6,12-16H2,1-5H3,(H,27,32)(H,28,34). The third-order valence-electron chi connectivity index (χ3n) is 7.96. The number of benzene rings is 1. The molecule has 0 atom stereocenters. The lowest BCUT2D eigenvalue weighted by molar-refractivity contribution is -0.135. The number of nitrogens with one attached hydrogen (secondary N) is 2. The van der Waals surface area contributed by atoms with Gasteiger partial charge in [0.1, 0.15) is 12.1 Å². The van der Waals surface area contributed by atoms with Crippen molar-refractivity contribution in [1.29, 1.82) is 0 Å². The number of nitrogens with zero attached hydrogens (tertiary/aromatic N) is 3. The van der Waals surface area contributed by atoms with Gasteiger partial charge in [0.25, 0.3) is 5.91 Å². The van der Waals surface area contributed by atoms with Crippen LogP contribution in [0.3, 0.4) is 0 Å². The zero-order valence-electron chi connectivity index (χ0n) is 20.8. The van der Waals surface area contributed by atoms with Crippen molar-refractivity contribution in [3.8, 4) is 5.69 Å². The monoisotopic (exact) mass is 465 g/mol. The van der Waals surface area contributed by atoms with E-state index in [4.69, 9.17) is 0 Å². The van der Waals surface area contributed by atoms with Crippen LogP contribution in [0, 0.1) is 25.2 Å². The first-order chi connectivity index (χ1) is 16.1. The molecule has 1 aromatic carbocycles. The molecule has 4 amide bonds. The van der Waals surface area contributed by atoms with Gasteiger partial charge in [0.05, 0.1) is 22.8 Å². The summed E-state index contributed by atoms with van der Waals surface area (Å²) in [6, 6.07) is 9.17. The maximum atomic E-state index is 13.3. The van der Waals surface area contributed by atoms with E-state index in [1.807, 2.05) is 44.2 Å². The lowest BCUT2D eigenvalue weighted by Crippen LogP contribution is -2.51. The van der Waals surface area contributed by atoms with E-state index >= 15 is 0 Å². The van der Waals surface area contributed by atoms with Gasteiger partial charge in [-0.2, -0.15) is 5.10 Å². The molecule has 0 bridgehead atoms. The Kier molecular flexibility index (Phi) is 6.27. The number of aryl methyl sites for hydroxylation is 1. The molecule has 1 saturated carbocycles. The number of amides is 4. The van der Waals surface area contributed by atoms with Gasteiger partial charge in [0, 0.05) is 0 Å². The molecule has 1 aliphatic heterocycles. The van der Waals surface area contributed by atoms with Gasteiger partial charge in [-0.05, 0) is 63.0 Å². The van der Waals surface area contributed by atoms with Crippen LogP contribution >= 0.6 is 0 Å². The molecule has 2 aromatic rings. The number of urea groups is 1. The van der Waals surface area contributed by atoms with Gasteiger partial charge < -0.3 is 10.6 Å². The van der Waals surface area contributed by atoms with Crippen LogP contribution in [0.4, 0.5) is 10.5 Å². The molecule has 1 aliphatic carbocycles. The van der Waals surface area contributed by atoms with Crippen LogP contribution in [-0.4, -0.2) is 44.6 Å². The molecule has 2 N–H and O–H groups in total. The summed E-state index contributed by atoms with van der Waals surface area (Å²) in [6.45, 7) is 10.1. The molecule has 0 unspecified atom stereocenters. The van der Waals surface area contributed by atoms with Crippen molar-refractivity contribution in [3.63, 3.8) is 0 Å². The van der Waals surface area contributed by atoms with Crippen LogP contribution in [0.25, 0.3) is 5.69 Å². The van der Waals surface area contributed by atoms with E-state index in [0.29, 0.717) is 30.1 Å². The highest BCUT2D eigenvalue weighted by Gasteiger charge is 2.53. The van der Waals surface area contributed by atoms with Gasteiger partial charge in [0.15, 0.2) is 0 Å². The summed E-state index contributed by atoms with van der Waals surface area (Å²) >= 11 is 0. The van der Waals surface area contributed by atoms with Gasteiger partial charge in [-0.3, -0.25) is 14.5 Å². The fourth-order valence-corrected chi connectivity index (χ4v) is 5.31. The molecule has 1 aromatic heterocycles. The summed E-state index contributed by atoms with van der Waals surface area (Å²) in [4.78, 5) is 39.9. The Balaban J connectivity index is 1.43. The van der Waals surface area contributed by atoms with Crippen molar-refractivity contribution in [3.05, 3.63) is 41.7 Å². The molecular formula is C26H35N5O3. The normalized spacial score (nSPS) is 22.9. The molecule has 8 heteroatoms. The predicted octanol–water partition coefficient (Wildman–Crippen LogP) is 4.34. The first-order valence-corrected chi connectivity index (χ1v) is 12.1. The first-order valence-electron chi connectivity index (χ1n) is 12.1. The molecule has 2 heterocycles. The van der Waals surface area contributed by atoms with E-state index in [1.54, 1.807) is 4.68 Å². The molecular weight excluding hydrogens is 430 g/mol. The Morgan fingerprint density at radius 1 is 1.18 bits per heavy atom. The average molecular weight is 466 g/mol. The van der Waals surface area contributed by atoms with E-state index < -0.39 is 17.5 Å². The van der Waals surface area contributed by atoms with Crippen LogP contribution in [0.1, 0.15) is 64.3 Å². The van der Waals surface area contributed by atoms with Gasteiger partial charge in [-0.25, -0.2) is 9.48 Å². The Bertz CT molecular complexity index is 1100. The average Bonchev–Trinajstić information content (AvgIpc) is 3.22. The number of anilines is 1. The van der Waals surface area contributed by atoms with Crippen LogP contribution < -0.4 is 10.6 Å². The zero-order valence-corrected chi connectivity index (χ0v) is 20.8. The van der Waals surface area contributed by atoms with Crippen LogP contribution in [-0.2, 0) is 9.59 Å². The van der Waals surface area contributed by atoms with Gasteiger partial charge in [0.2, 0.25) is 5.91 Å². The molecule has 1 saturated heterocycles. The summed E-state index contributed by atoms with van der Waals surface area (Å²) < 4.78 is 1.77. The number of aromatic nitrogens is 2. The first kappa shape index (κ1) is 24.0. The summed E-state index contributed by atoms with van der Waals surface area (Å²) in [7, 11) is 0. The summed E-state index contributed by atoms with van der Waals surface area (Å²) in [5, 5.41) is 10.3. The second-order valence-corrected chi connectivity index (χ2v) is 10.4. The Morgan fingerprint density at radius 2 is 1.82 bits per heavy atom. The van der Waals surface area contributed by atoms with Crippen molar-refractivity contribution >= 4 is 23.5 Å². The lowest BCUT2D eigenvalue weighted by Gasteiger charge is -2.42. The minimum atomic E-state index is -0.873. The second-order valence-electron chi connectivity index (χ2n) is 10.4.